The molecular formula is C11H16BrFN2O2S2. The molecule has 0 unspecified atom stereocenters. The second kappa shape index (κ2) is 7.47. The Hall–Kier alpha value is -0.310. The highest BCUT2D eigenvalue weighted by Crippen LogP contribution is 2.25. The first-order valence-corrected chi connectivity index (χ1v) is 9.28. The van der Waals surface area contributed by atoms with Crippen LogP contribution in [0.5, 0.6) is 0 Å². The number of rotatable bonds is 7. The SMILES string of the molecule is CSCCCCNS(=O)(=O)c1cc(N)c(Br)cc1F. The van der Waals surface area contributed by atoms with Crippen molar-refractivity contribution in [3.63, 3.8) is 0 Å². The highest BCUT2D eigenvalue weighted by molar-refractivity contribution is 9.10. The molecule has 1 aromatic rings. The highest BCUT2D eigenvalue weighted by Gasteiger charge is 2.20. The van der Waals surface area contributed by atoms with Crippen molar-refractivity contribution in [2.24, 2.45) is 0 Å². The lowest BCUT2D eigenvalue weighted by molar-refractivity contribution is 0.555. The Balaban J connectivity index is 2.75. The summed E-state index contributed by atoms with van der Waals surface area (Å²) in [6.07, 6.45) is 3.62. The lowest BCUT2D eigenvalue weighted by Gasteiger charge is -2.09. The van der Waals surface area contributed by atoms with Gasteiger partial charge in [0.15, 0.2) is 0 Å². The summed E-state index contributed by atoms with van der Waals surface area (Å²) in [6, 6.07) is 2.17. The number of nitrogens with one attached hydrogen (secondary N) is 1. The number of sulfonamides is 1. The van der Waals surface area contributed by atoms with Crippen LogP contribution in [-0.4, -0.2) is 27.0 Å². The lowest BCUT2D eigenvalue weighted by atomic mass is 10.3. The average molecular weight is 371 g/mol. The Morgan fingerprint density at radius 2 is 2.11 bits per heavy atom. The van der Waals surface area contributed by atoms with Crippen molar-refractivity contribution in [1.82, 2.24) is 4.72 Å². The van der Waals surface area contributed by atoms with Crippen molar-refractivity contribution in [1.29, 1.82) is 0 Å². The molecular weight excluding hydrogens is 355 g/mol. The van der Waals surface area contributed by atoms with Crippen molar-refractivity contribution >= 4 is 43.4 Å². The Morgan fingerprint density at radius 3 is 2.74 bits per heavy atom. The van der Waals surface area contributed by atoms with Gasteiger partial charge in [0.1, 0.15) is 10.7 Å². The van der Waals surface area contributed by atoms with Crippen LogP contribution < -0.4 is 10.5 Å². The summed E-state index contributed by atoms with van der Waals surface area (Å²) in [7, 11) is -3.85. The van der Waals surface area contributed by atoms with E-state index in [2.05, 4.69) is 20.7 Å². The van der Waals surface area contributed by atoms with E-state index in [0.29, 0.717) is 10.9 Å². The first-order valence-electron chi connectivity index (χ1n) is 5.61. The lowest BCUT2D eigenvalue weighted by Crippen LogP contribution is -2.26. The van der Waals surface area contributed by atoms with E-state index >= 15 is 0 Å². The molecule has 0 amide bonds. The molecule has 0 aliphatic rings. The Labute approximate surface area is 125 Å². The molecule has 1 aromatic carbocycles. The van der Waals surface area contributed by atoms with Crippen molar-refractivity contribution in [2.75, 3.05) is 24.3 Å². The van der Waals surface area contributed by atoms with Gasteiger partial charge in [-0.3, -0.25) is 0 Å². The van der Waals surface area contributed by atoms with E-state index < -0.39 is 20.7 Å². The molecule has 8 heteroatoms. The average Bonchev–Trinajstić information content (AvgIpc) is 2.33. The maximum Gasteiger partial charge on any atom is 0.243 e. The van der Waals surface area contributed by atoms with Crippen LogP contribution in [0.25, 0.3) is 0 Å². The van der Waals surface area contributed by atoms with Gasteiger partial charge < -0.3 is 5.73 Å². The number of nitrogen functional groups attached to an aromatic ring is 1. The van der Waals surface area contributed by atoms with Gasteiger partial charge in [0.05, 0.1) is 0 Å². The highest BCUT2D eigenvalue weighted by atomic mass is 79.9. The summed E-state index contributed by atoms with van der Waals surface area (Å²) >= 11 is 4.75. The van der Waals surface area contributed by atoms with Gasteiger partial charge in [-0.25, -0.2) is 17.5 Å². The monoisotopic (exact) mass is 370 g/mol. The summed E-state index contributed by atoms with van der Waals surface area (Å²) in [6.45, 7) is 0.290. The summed E-state index contributed by atoms with van der Waals surface area (Å²) < 4.78 is 40.2. The van der Waals surface area contributed by atoms with E-state index in [4.69, 9.17) is 5.73 Å². The number of nitrogens with two attached hydrogens (primary N) is 1. The smallest absolute Gasteiger partial charge is 0.243 e. The van der Waals surface area contributed by atoms with E-state index in [1.54, 1.807) is 11.8 Å². The summed E-state index contributed by atoms with van der Waals surface area (Å²) in [5, 5.41) is 0. The Bertz CT molecular complexity index is 538. The summed E-state index contributed by atoms with van der Waals surface area (Å²) in [5.74, 6) is 0.152. The molecule has 0 saturated heterocycles. The van der Waals surface area contributed by atoms with Gasteiger partial charge in [-0.05, 0) is 52.9 Å². The third kappa shape index (κ3) is 4.94. The van der Waals surface area contributed by atoms with Crippen LogP contribution in [0.2, 0.25) is 0 Å². The largest absolute Gasteiger partial charge is 0.398 e. The third-order valence-corrected chi connectivity index (χ3v) is 5.27. The minimum atomic E-state index is -3.85. The molecule has 0 aliphatic heterocycles. The number of halogens is 2. The van der Waals surface area contributed by atoms with Crippen LogP contribution in [0.1, 0.15) is 12.8 Å². The van der Waals surface area contributed by atoms with Gasteiger partial charge in [0, 0.05) is 16.7 Å². The van der Waals surface area contributed by atoms with Gasteiger partial charge in [-0.15, -0.1) is 0 Å². The zero-order valence-corrected chi connectivity index (χ0v) is 13.7. The number of benzene rings is 1. The van der Waals surface area contributed by atoms with Crippen LogP contribution in [0.4, 0.5) is 10.1 Å². The fourth-order valence-electron chi connectivity index (χ4n) is 1.41. The quantitative estimate of drug-likeness (QED) is 0.571. The zero-order valence-electron chi connectivity index (χ0n) is 10.4. The van der Waals surface area contributed by atoms with E-state index in [0.717, 1.165) is 24.3 Å². The molecule has 0 atom stereocenters. The van der Waals surface area contributed by atoms with Crippen LogP contribution in [0.3, 0.4) is 0 Å². The molecule has 0 saturated carbocycles. The van der Waals surface area contributed by atoms with Gasteiger partial charge in [-0.2, -0.15) is 11.8 Å². The van der Waals surface area contributed by atoms with E-state index in [1.165, 1.54) is 0 Å². The molecule has 0 radical (unpaired) electrons. The summed E-state index contributed by atoms with van der Waals surface area (Å²) in [5.41, 5.74) is 5.76. The number of hydrogen-bond donors (Lipinski definition) is 2. The molecule has 108 valence electrons. The molecule has 0 spiro atoms. The topological polar surface area (TPSA) is 72.2 Å². The van der Waals surface area contributed by atoms with Crippen molar-refractivity contribution in [3.8, 4) is 0 Å². The molecule has 3 N–H and O–H groups in total. The van der Waals surface area contributed by atoms with Gasteiger partial charge in [0.25, 0.3) is 0 Å². The minimum Gasteiger partial charge on any atom is -0.398 e. The van der Waals surface area contributed by atoms with Crippen molar-refractivity contribution in [3.05, 3.63) is 22.4 Å². The molecule has 1 rings (SSSR count). The predicted octanol–water partition coefficient (Wildman–Crippen LogP) is 2.59. The van der Waals surface area contributed by atoms with Crippen LogP contribution in [-0.2, 0) is 10.0 Å². The first-order chi connectivity index (χ1) is 8.88. The second-order valence-corrected chi connectivity index (χ2v) is 7.48. The van der Waals surface area contributed by atoms with Crippen LogP contribution in [0.15, 0.2) is 21.5 Å². The van der Waals surface area contributed by atoms with E-state index in [1.807, 2.05) is 6.26 Å². The van der Waals surface area contributed by atoms with Gasteiger partial charge in [-0.1, -0.05) is 0 Å². The predicted molar refractivity (Wildman–Crippen MR) is 81.3 cm³/mol. The molecule has 0 bridgehead atoms. The fourth-order valence-corrected chi connectivity index (χ4v) is 3.38. The van der Waals surface area contributed by atoms with Gasteiger partial charge >= 0.3 is 0 Å². The Morgan fingerprint density at radius 1 is 1.42 bits per heavy atom. The minimum absolute atomic E-state index is 0.184. The molecule has 0 fully saturated rings. The number of anilines is 1. The maximum absolute atomic E-state index is 13.6. The number of unbranched alkanes of at least 4 members (excludes halogenated alkanes) is 1. The molecule has 0 aliphatic carbocycles. The van der Waals surface area contributed by atoms with Crippen LogP contribution in [0, 0.1) is 5.82 Å². The molecule has 0 aromatic heterocycles. The normalized spacial score (nSPS) is 11.7. The maximum atomic E-state index is 13.6. The zero-order chi connectivity index (χ0) is 14.5. The van der Waals surface area contributed by atoms with Crippen molar-refractivity contribution < 1.29 is 12.8 Å². The van der Waals surface area contributed by atoms with E-state index in [9.17, 15) is 12.8 Å². The molecule has 19 heavy (non-hydrogen) atoms. The third-order valence-electron chi connectivity index (χ3n) is 2.41. The van der Waals surface area contributed by atoms with E-state index in [-0.39, 0.29) is 12.2 Å². The first kappa shape index (κ1) is 16.7. The van der Waals surface area contributed by atoms with Crippen LogP contribution >= 0.6 is 27.7 Å². The van der Waals surface area contributed by atoms with Crippen molar-refractivity contribution in [2.45, 2.75) is 17.7 Å². The number of thioether (sulfide) groups is 1. The molecule has 0 heterocycles. The van der Waals surface area contributed by atoms with Gasteiger partial charge in [0.2, 0.25) is 10.0 Å². The standard InChI is InChI=1S/C11H16BrFN2O2S2/c1-18-5-3-2-4-15-19(16,17)11-7-10(14)8(12)6-9(11)13/h6-7,15H,2-5,14H2,1H3. The second-order valence-electron chi connectivity index (χ2n) is 3.90. The fraction of sp³-hybridized carbons (Fsp3) is 0.455. The Kier molecular flexibility index (Phi) is 6.58. The molecule has 4 nitrogen and oxygen atoms in total. The summed E-state index contributed by atoms with van der Waals surface area (Å²) in [4.78, 5) is -0.418. The number of hydrogen-bond acceptors (Lipinski definition) is 4.